The Morgan fingerprint density at radius 2 is 2.04 bits per heavy atom. The van der Waals surface area contributed by atoms with Gasteiger partial charge in [-0.1, -0.05) is 12.1 Å². The van der Waals surface area contributed by atoms with Crippen LogP contribution in [0, 0.1) is 5.92 Å². The number of rotatable bonds is 4. The van der Waals surface area contributed by atoms with Crippen LogP contribution in [0.25, 0.3) is 0 Å². The van der Waals surface area contributed by atoms with Crippen LogP contribution < -0.4 is 15.5 Å². The Morgan fingerprint density at radius 3 is 2.70 bits per heavy atom. The summed E-state index contributed by atoms with van der Waals surface area (Å²) in [5.41, 5.74) is -0.0792. The first-order valence-electron chi connectivity index (χ1n) is 8.40. The van der Waals surface area contributed by atoms with E-state index in [1.54, 1.807) is 6.07 Å². The fourth-order valence-corrected chi connectivity index (χ4v) is 3.30. The van der Waals surface area contributed by atoms with Gasteiger partial charge in [0.05, 0.1) is 11.3 Å². The van der Waals surface area contributed by atoms with E-state index in [4.69, 9.17) is 0 Å². The minimum atomic E-state index is -4.38. The number of halogens is 4. The van der Waals surface area contributed by atoms with E-state index in [0.29, 0.717) is 31.1 Å². The van der Waals surface area contributed by atoms with Crippen molar-refractivity contribution < 1.29 is 18.0 Å². The fourth-order valence-electron chi connectivity index (χ4n) is 2.91. The molecule has 1 unspecified atom stereocenters. The number of carbonyl (C=O) groups is 1. The number of hydrogen-bond donors (Lipinski definition) is 2. The van der Waals surface area contributed by atoms with E-state index >= 15 is 0 Å². The molecule has 2 amide bonds. The largest absolute Gasteiger partial charge is 0.417 e. The van der Waals surface area contributed by atoms with Crippen LogP contribution in [0.3, 0.4) is 0 Å². The molecule has 144 valence electrons. The molecule has 9 heteroatoms. The molecular weight excluding hydrogens is 425 g/mol. The third-order valence-electron chi connectivity index (χ3n) is 4.36. The standard InChI is InChI=1S/C18H18BrF3N4O/c19-14-3-1-2-4-15(14)25-17(27)24-9-12-7-8-26(11-12)16-6-5-13(10-23-16)18(20,21)22/h1-6,10,12H,7-9,11H2,(H2,24,25,27). The Labute approximate surface area is 163 Å². The van der Waals surface area contributed by atoms with E-state index in [2.05, 4.69) is 31.5 Å². The van der Waals surface area contributed by atoms with Crippen molar-refractivity contribution in [3.63, 3.8) is 0 Å². The van der Waals surface area contributed by atoms with Crippen molar-refractivity contribution >= 4 is 33.5 Å². The second-order valence-electron chi connectivity index (χ2n) is 6.32. The average molecular weight is 443 g/mol. The normalized spacial score (nSPS) is 17.0. The Hall–Kier alpha value is -2.29. The predicted octanol–water partition coefficient (Wildman–Crippen LogP) is 4.51. The van der Waals surface area contributed by atoms with E-state index in [1.165, 1.54) is 6.07 Å². The molecule has 3 rings (SSSR count). The molecule has 2 aromatic rings. The second-order valence-corrected chi connectivity index (χ2v) is 7.17. The number of anilines is 2. The Balaban J connectivity index is 1.48. The van der Waals surface area contributed by atoms with E-state index in [9.17, 15) is 18.0 Å². The van der Waals surface area contributed by atoms with Gasteiger partial charge in [-0.25, -0.2) is 9.78 Å². The lowest BCUT2D eigenvalue weighted by molar-refractivity contribution is -0.137. The monoisotopic (exact) mass is 442 g/mol. The molecule has 2 heterocycles. The Kier molecular flexibility index (Phi) is 5.88. The topological polar surface area (TPSA) is 57.3 Å². The number of para-hydroxylation sites is 1. The number of nitrogens with zero attached hydrogens (tertiary/aromatic N) is 2. The van der Waals surface area contributed by atoms with Gasteiger partial charge in [0, 0.05) is 30.3 Å². The van der Waals surface area contributed by atoms with Crippen LogP contribution >= 0.6 is 15.9 Å². The first-order chi connectivity index (χ1) is 12.8. The average Bonchev–Trinajstić information content (AvgIpc) is 3.10. The van der Waals surface area contributed by atoms with Crippen LogP contribution in [0.2, 0.25) is 0 Å². The number of aromatic nitrogens is 1. The summed E-state index contributed by atoms with van der Waals surface area (Å²) in [5.74, 6) is 0.724. The van der Waals surface area contributed by atoms with Crippen molar-refractivity contribution in [2.24, 2.45) is 5.92 Å². The highest BCUT2D eigenvalue weighted by Gasteiger charge is 2.31. The molecule has 2 N–H and O–H groups in total. The molecule has 1 aromatic carbocycles. The maximum atomic E-state index is 12.6. The lowest BCUT2D eigenvalue weighted by Gasteiger charge is -2.18. The number of amides is 2. The number of pyridine rings is 1. The molecule has 1 saturated heterocycles. The van der Waals surface area contributed by atoms with Crippen LogP contribution in [-0.2, 0) is 6.18 Å². The molecule has 0 radical (unpaired) electrons. The molecule has 1 aromatic heterocycles. The van der Waals surface area contributed by atoms with Crippen molar-refractivity contribution in [1.29, 1.82) is 0 Å². The van der Waals surface area contributed by atoms with Crippen LogP contribution in [0.15, 0.2) is 47.1 Å². The third-order valence-corrected chi connectivity index (χ3v) is 5.05. The van der Waals surface area contributed by atoms with Gasteiger partial charge in [-0.2, -0.15) is 13.2 Å². The van der Waals surface area contributed by atoms with Gasteiger partial charge < -0.3 is 15.5 Å². The van der Waals surface area contributed by atoms with Crippen molar-refractivity contribution in [3.8, 4) is 0 Å². The van der Waals surface area contributed by atoms with E-state index in [0.717, 1.165) is 23.2 Å². The smallest absolute Gasteiger partial charge is 0.356 e. The number of hydrogen-bond acceptors (Lipinski definition) is 3. The van der Waals surface area contributed by atoms with E-state index < -0.39 is 11.7 Å². The summed E-state index contributed by atoms with van der Waals surface area (Å²) in [6.07, 6.45) is -2.70. The van der Waals surface area contributed by atoms with Gasteiger partial charge in [-0.15, -0.1) is 0 Å². The summed E-state index contributed by atoms with van der Waals surface area (Å²) in [6.45, 7) is 1.80. The zero-order chi connectivity index (χ0) is 19.4. The Bertz CT molecular complexity index is 798. The molecule has 0 saturated carbocycles. The molecule has 1 atom stereocenters. The number of nitrogens with one attached hydrogen (secondary N) is 2. The minimum absolute atomic E-state index is 0.207. The Morgan fingerprint density at radius 1 is 1.26 bits per heavy atom. The number of benzene rings is 1. The molecular formula is C18H18BrF3N4O. The highest BCUT2D eigenvalue weighted by molar-refractivity contribution is 9.10. The van der Waals surface area contributed by atoms with Gasteiger partial charge in [-0.05, 0) is 52.5 Å². The molecule has 1 aliphatic heterocycles. The summed E-state index contributed by atoms with van der Waals surface area (Å²) < 4.78 is 38.6. The highest BCUT2D eigenvalue weighted by atomic mass is 79.9. The molecule has 5 nitrogen and oxygen atoms in total. The lowest BCUT2D eigenvalue weighted by atomic mass is 10.1. The number of carbonyl (C=O) groups excluding carboxylic acids is 1. The summed E-state index contributed by atoms with van der Waals surface area (Å²) in [5, 5.41) is 5.60. The van der Waals surface area contributed by atoms with Crippen LogP contribution in [-0.4, -0.2) is 30.6 Å². The van der Waals surface area contributed by atoms with Gasteiger partial charge in [0.25, 0.3) is 0 Å². The second kappa shape index (κ2) is 8.16. The predicted molar refractivity (Wildman–Crippen MR) is 101 cm³/mol. The van der Waals surface area contributed by atoms with Crippen LogP contribution in [0.4, 0.5) is 29.5 Å². The third kappa shape index (κ3) is 5.12. The minimum Gasteiger partial charge on any atom is -0.356 e. The van der Waals surface area contributed by atoms with Crippen molar-refractivity contribution in [2.45, 2.75) is 12.6 Å². The number of urea groups is 1. The summed E-state index contributed by atoms with van der Waals surface area (Å²) in [7, 11) is 0. The maximum absolute atomic E-state index is 12.6. The van der Waals surface area contributed by atoms with Gasteiger partial charge >= 0.3 is 12.2 Å². The number of alkyl halides is 3. The first-order valence-corrected chi connectivity index (χ1v) is 9.20. The first kappa shape index (κ1) is 19.5. The van der Waals surface area contributed by atoms with Gasteiger partial charge in [0.2, 0.25) is 0 Å². The summed E-state index contributed by atoms with van der Waals surface area (Å²) >= 11 is 3.37. The van der Waals surface area contributed by atoms with Gasteiger partial charge in [-0.3, -0.25) is 0 Å². The van der Waals surface area contributed by atoms with E-state index in [-0.39, 0.29) is 11.9 Å². The van der Waals surface area contributed by atoms with Crippen molar-refractivity contribution in [3.05, 3.63) is 52.6 Å². The molecule has 1 aliphatic rings. The summed E-state index contributed by atoms with van der Waals surface area (Å²) in [4.78, 5) is 17.9. The maximum Gasteiger partial charge on any atom is 0.417 e. The quantitative estimate of drug-likeness (QED) is 0.732. The molecule has 0 bridgehead atoms. The lowest BCUT2D eigenvalue weighted by Crippen LogP contribution is -2.34. The zero-order valence-electron chi connectivity index (χ0n) is 14.3. The molecule has 0 spiro atoms. The fraction of sp³-hybridized carbons (Fsp3) is 0.333. The van der Waals surface area contributed by atoms with Crippen molar-refractivity contribution in [1.82, 2.24) is 10.3 Å². The van der Waals surface area contributed by atoms with Crippen molar-refractivity contribution in [2.75, 3.05) is 29.9 Å². The highest BCUT2D eigenvalue weighted by Crippen LogP contribution is 2.30. The van der Waals surface area contributed by atoms with Gasteiger partial charge in [0.15, 0.2) is 0 Å². The van der Waals surface area contributed by atoms with Crippen LogP contribution in [0.5, 0.6) is 0 Å². The molecule has 1 fully saturated rings. The zero-order valence-corrected chi connectivity index (χ0v) is 15.8. The molecule has 27 heavy (non-hydrogen) atoms. The SMILES string of the molecule is O=C(NCC1CCN(c2ccc(C(F)(F)F)cn2)C1)Nc1ccccc1Br. The summed E-state index contributed by atoms with van der Waals surface area (Å²) in [6, 6.07) is 9.44. The molecule has 0 aliphatic carbocycles. The van der Waals surface area contributed by atoms with Crippen LogP contribution in [0.1, 0.15) is 12.0 Å². The van der Waals surface area contributed by atoms with Gasteiger partial charge in [0.1, 0.15) is 5.82 Å². The van der Waals surface area contributed by atoms with E-state index in [1.807, 2.05) is 23.1 Å².